The van der Waals surface area contributed by atoms with Gasteiger partial charge in [0.1, 0.15) is 0 Å². The minimum Gasteiger partial charge on any atom is -0.504 e. The summed E-state index contributed by atoms with van der Waals surface area (Å²) in [5.74, 6) is 0.0413. The van der Waals surface area contributed by atoms with Crippen LogP contribution in [0.4, 0.5) is 0 Å². The van der Waals surface area contributed by atoms with Crippen LogP contribution in [0.5, 0.6) is 5.75 Å². The number of aromatic nitrogens is 1. The SMILES string of the molecule is NCCc1ccnc(Cl)c1O. The van der Waals surface area contributed by atoms with Crippen molar-refractivity contribution in [3.05, 3.63) is 23.0 Å². The van der Waals surface area contributed by atoms with E-state index in [1.54, 1.807) is 12.3 Å². The number of nitrogens with two attached hydrogens (primary N) is 1. The van der Waals surface area contributed by atoms with Gasteiger partial charge < -0.3 is 10.8 Å². The molecule has 1 aromatic rings. The molecule has 0 saturated carbocycles. The average Bonchev–Trinajstić information content (AvgIpc) is 1.99. The van der Waals surface area contributed by atoms with E-state index in [1.165, 1.54) is 0 Å². The monoisotopic (exact) mass is 172 g/mol. The molecule has 0 aromatic carbocycles. The van der Waals surface area contributed by atoms with Crippen LogP contribution >= 0.6 is 11.6 Å². The van der Waals surface area contributed by atoms with Crippen LogP contribution in [0.3, 0.4) is 0 Å². The van der Waals surface area contributed by atoms with Crippen molar-refractivity contribution in [3.63, 3.8) is 0 Å². The van der Waals surface area contributed by atoms with E-state index >= 15 is 0 Å². The molecule has 3 nitrogen and oxygen atoms in total. The van der Waals surface area contributed by atoms with E-state index in [9.17, 15) is 5.11 Å². The lowest BCUT2D eigenvalue weighted by atomic mass is 10.2. The smallest absolute Gasteiger partial charge is 0.171 e. The molecule has 0 fully saturated rings. The van der Waals surface area contributed by atoms with Crippen LogP contribution < -0.4 is 5.73 Å². The van der Waals surface area contributed by atoms with Gasteiger partial charge in [-0.05, 0) is 24.6 Å². The number of rotatable bonds is 2. The molecule has 0 bridgehead atoms. The first-order valence-electron chi connectivity index (χ1n) is 3.28. The number of halogens is 1. The lowest BCUT2D eigenvalue weighted by Gasteiger charge is -2.01. The Balaban J connectivity index is 2.96. The Bertz CT molecular complexity index is 252. The second-order valence-electron chi connectivity index (χ2n) is 2.15. The van der Waals surface area contributed by atoms with E-state index in [4.69, 9.17) is 17.3 Å². The molecule has 0 saturated heterocycles. The second-order valence-corrected chi connectivity index (χ2v) is 2.51. The summed E-state index contributed by atoms with van der Waals surface area (Å²) in [6.45, 7) is 0.494. The molecule has 1 rings (SSSR count). The first kappa shape index (κ1) is 8.30. The van der Waals surface area contributed by atoms with Gasteiger partial charge in [0.15, 0.2) is 10.9 Å². The van der Waals surface area contributed by atoms with Gasteiger partial charge in [0.25, 0.3) is 0 Å². The zero-order valence-corrected chi connectivity index (χ0v) is 6.67. The largest absolute Gasteiger partial charge is 0.504 e. The number of nitrogens with zero attached hydrogens (tertiary/aromatic N) is 1. The van der Waals surface area contributed by atoms with Crippen LogP contribution in [0.15, 0.2) is 12.3 Å². The summed E-state index contributed by atoms with van der Waals surface area (Å²) in [5.41, 5.74) is 6.05. The van der Waals surface area contributed by atoms with Crippen molar-refractivity contribution >= 4 is 11.6 Å². The maximum Gasteiger partial charge on any atom is 0.171 e. The predicted octanol–water partition coefficient (Wildman–Crippen LogP) is 0.942. The fourth-order valence-electron chi connectivity index (χ4n) is 0.822. The van der Waals surface area contributed by atoms with Crippen molar-refractivity contribution in [2.45, 2.75) is 6.42 Å². The first-order valence-corrected chi connectivity index (χ1v) is 3.66. The van der Waals surface area contributed by atoms with E-state index in [2.05, 4.69) is 4.98 Å². The van der Waals surface area contributed by atoms with E-state index in [1.807, 2.05) is 0 Å². The molecule has 0 spiro atoms. The van der Waals surface area contributed by atoms with Crippen molar-refractivity contribution in [2.75, 3.05) is 6.54 Å². The normalized spacial score (nSPS) is 10.0. The molecule has 0 radical (unpaired) electrons. The maximum atomic E-state index is 9.28. The molecule has 0 aliphatic carbocycles. The summed E-state index contributed by atoms with van der Waals surface area (Å²) >= 11 is 5.55. The highest BCUT2D eigenvalue weighted by Gasteiger charge is 2.03. The molecule has 1 aromatic heterocycles. The Morgan fingerprint density at radius 3 is 3.00 bits per heavy atom. The molecular formula is C7H9ClN2O. The van der Waals surface area contributed by atoms with Crippen LogP contribution in [0, 0.1) is 0 Å². The van der Waals surface area contributed by atoms with Crippen molar-refractivity contribution in [3.8, 4) is 5.75 Å². The lowest BCUT2D eigenvalue weighted by Crippen LogP contribution is -2.03. The maximum absolute atomic E-state index is 9.28. The predicted molar refractivity (Wildman–Crippen MR) is 43.7 cm³/mol. The third-order valence-corrected chi connectivity index (χ3v) is 1.65. The van der Waals surface area contributed by atoms with Crippen LogP contribution in [0.2, 0.25) is 5.15 Å². The van der Waals surface area contributed by atoms with Gasteiger partial charge in [0, 0.05) is 6.20 Å². The van der Waals surface area contributed by atoms with Gasteiger partial charge in [-0.3, -0.25) is 0 Å². The van der Waals surface area contributed by atoms with Crippen molar-refractivity contribution in [1.82, 2.24) is 4.98 Å². The zero-order valence-electron chi connectivity index (χ0n) is 5.92. The molecule has 0 unspecified atom stereocenters. The minimum atomic E-state index is 0.0413. The molecule has 0 amide bonds. The fraction of sp³-hybridized carbons (Fsp3) is 0.286. The molecule has 60 valence electrons. The van der Waals surface area contributed by atoms with Gasteiger partial charge in [-0.15, -0.1) is 0 Å². The van der Waals surface area contributed by atoms with Gasteiger partial charge in [-0.25, -0.2) is 4.98 Å². The summed E-state index contributed by atoms with van der Waals surface area (Å²) in [4.78, 5) is 3.70. The number of hydrogen-bond donors (Lipinski definition) is 2. The minimum absolute atomic E-state index is 0.0413. The standard InChI is InChI=1S/C7H9ClN2O/c8-7-6(11)5(1-3-9)2-4-10-7/h2,4,11H,1,3,9H2. The highest BCUT2D eigenvalue weighted by atomic mass is 35.5. The molecule has 0 aliphatic rings. The van der Waals surface area contributed by atoms with Gasteiger partial charge in [0.2, 0.25) is 0 Å². The Morgan fingerprint density at radius 1 is 1.64 bits per heavy atom. The topological polar surface area (TPSA) is 59.1 Å². The van der Waals surface area contributed by atoms with Crippen LogP contribution in [0.1, 0.15) is 5.56 Å². The highest BCUT2D eigenvalue weighted by Crippen LogP contribution is 2.24. The molecule has 1 heterocycles. The van der Waals surface area contributed by atoms with E-state index in [0.717, 1.165) is 5.56 Å². The van der Waals surface area contributed by atoms with Gasteiger partial charge in [-0.1, -0.05) is 11.6 Å². The van der Waals surface area contributed by atoms with Gasteiger partial charge in [0.05, 0.1) is 0 Å². The molecule has 3 N–H and O–H groups in total. The highest BCUT2D eigenvalue weighted by molar-refractivity contribution is 6.30. The van der Waals surface area contributed by atoms with Crippen molar-refractivity contribution in [1.29, 1.82) is 0 Å². The summed E-state index contributed by atoms with van der Waals surface area (Å²) in [7, 11) is 0. The van der Waals surface area contributed by atoms with Crippen molar-refractivity contribution < 1.29 is 5.11 Å². The Hall–Kier alpha value is -0.800. The first-order chi connectivity index (χ1) is 5.25. The van der Waals surface area contributed by atoms with Crippen LogP contribution in [0.25, 0.3) is 0 Å². The van der Waals surface area contributed by atoms with E-state index in [0.29, 0.717) is 13.0 Å². The molecule has 4 heteroatoms. The number of aromatic hydroxyl groups is 1. The van der Waals surface area contributed by atoms with Gasteiger partial charge in [-0.2, -0.15) is 0 Å². The Morgan fingerprint density at radius 2 is 2.36 bits per heavy atom. The number of hydrogen-bond acceptors (Lipinski definition) is 3. The zero-order chi connectivity index (χ0) is 8.27. The third kappa shape index (κ3) is 1.82. The Kier molecular flexibility index (Phi) is 2.68. The summed E-state index contributed by atoms with van der Waals surface area (Å²) in [6.07, 6.45) is 2.17. The quantitative estimate of drug-likeness (QED) is 0.653. The lowest BCUT2D eigenvalue weighted by molar-refractivity contribution is 0.466. The summed E-state index contributed by atoms with van der Waals surface area (Å²) < 4.78 is 0. The second kappa shape index (κ2) is 3.55. The molecule has 0 atom stereocenters. The Labute approximate surface area is 69.8 Å². The van der Waals surface area contributed by atoms with Crippen molar-refractivity contribution in [2.24, 2.45) is 5.73 Å². The van der Waals surface area contributed by atoms with Crippen LogP contribution in [-0.4, -0.2) is 16.6 Å². The van der Waals surface area contributed by atoms with Gasteiger partial charge >= 0.3 is 0 Å². The average molecular weight is 173 g/mol. The third-order valence-electron chi connectivity index (χ3n) is 1.38. The van der Waals surface area contributed by atoms with E-state index < -0.39 is 0 Å². The van der Waals surface area contributed by atoms with Crippen LogP contribution in [-0.2, 0) is 6.42 Å². The summed E-state index contributed by atoms with van der Waals surface area (Å²) in [5, 5.41) is 9.41. The fourth-order valence-corrected chi connectivity index (χ4v) is 1.00. The molecular weight excluding hydrogens is 164 g/mol. The summed E-state index contributed by atoms with van der Waals surface area (Å²) in [6, 6.07) is 1.70. The molecule has 11 heavy (non-hydrogen) atoms. The van der Waals surface area contributed by atoms with E-state index in [-0.39, 0.29) is 10.9 Å². The number of pyridine rings is 1. The molecule has 0 aliphatic heterocycles.